The number of hydrogen-bond acceptors (Lipinski definition) is 4. The molecule has 0 saturated heterocycles. The van der Waals surface area contributed by atoms with Gasteiger partial charge in [0, 0.05) is 26.2 Å². The minimum absolute atomic E-state index is 0.0848. The molecule has 0 fully saturated rings. The second-order valence-corrected chi connectivity index (χ2v) is 7.50. The highest BCUT2D eigenvalue weighted by atomic mass is 32.2. The summed E-state index contributed by atoms with van der Waals surface area (Å²) in [6.07, 6.45) is 0. The SMILES string of the molecule is COc1cccc(CNC(=O)c2cccc(S(=O)(=O)N(C)C)c2)c1. The molecular weight excluding hydrogens is 328 g/mol. The fourth-order valence-corrected chi connectivity index (χ4v) is 3.02. The number of carbonyl (C=O) groups excluding carboxylic acids is 1. The Hall–Kier alpha value is -2.38. The van der Waals surface area contributed by atoms with E-state index in [4.69, 9.17) is 4.74 Å². The number of amides is 1. The van der Waals surface area contributed by atoms with Gasteiger partial charge < -0.3 is 10.1 Å². The number of rotatable bonds is 6. The van der Waals surface area contributed by atoms with Gasteiger partial charge in [0.2, 0.25) is 10.0 Å². The van der Waals surface area contributed by atoms with Crippen molar-refractivity contribution >= 4 is 15.9 Å². The molecule has 1 N–H and O–H groups in total. The predicted octanol–water partition coefficient (Wildman–Crippen LogP) is 1.88. The third-order valence-corrected chi connectivity index (χ3v) is 5.27. The van der Waals surface area contributed by atoms with Crippen molar-refractivity contribution in [2.24, 2.45) is 0 Å². The van der Waals surface area contributed by atoms with Crippen molar-refractivity contribution in [1.29, 1.82) is 0 Å². The van der Waals surface area contributed by atoms with E-state index in [1.54, 1.807) is 19.2 Å². The molecule has 24 heavy (non-hydrogen) atoms. The highest BCUT2D eigenvalue weighted by Crippen LogP contribution is 2.15. The van der Waals surface area contributed by atoms with Crippen molar-refractivity contribution in [2.75, 3.05) is 21.2 Å². The van der Waals surface area contributed by atoms with E-state index in [0.29, 0.717) is 17.9 Å². The van der Waals surface area contributed by atoms with Crippen LogP contribution >= 0.6 is 0 Å². The Bertz CT molecular complexity index is 832. The number of methoxy groups -OCH3 is 1. The monoisotopic (exact) mass is 348 g/mol. The van der Waals surface area contributed by atoms with Crippen LogP contribution < -0.4 is 10.1 Å². The molecule has 0 spiro atoms. The molecule has 1 amide bonds. The first kappa shape index (κ1) is 18.0. The van der Waals surface area contributed by atoms with E-state index in [1.165, 1.54) is 26.2 Å². The van der Waals surface area contributed by atoms with Gasteiger partial charge in [0.1, 0.15) is 5.75 Å². The lowest BCUT2D eigenvalue weighted by atomic mass is 10.2. The van der Waals surface area contributed by atoms with Crippen LogP contribution in [0.4, 0.5) is 0 Å². The number of benzene rings is 2. The number of nitrogens with zero attached hydrogens (tertiary/aromatic N) is 1. The van der Waals surface area contributed by atoms with Crippen LogP contribution in [-0.4, -0.2) is 39.8 Å². The van der Waals surface area contributed by atoms with Crippen LogP contribution in [0.15, 0.2) is 53.4 Å². The first-order valence-electron chi connectivity index (χ1n) is 7.28. The maximum atomic E-state index is 12.3. The number of ether oxygens (including phenoxy) is 1. The van der Waals surface area contributed by atoms with Gasteiger partial charge in [-0.2, -0.15) is 0 Å². The van der Waals surface area contributed by atoms with E-state index in [-0.39, 0.29) is 10.8 Å². The second kappa shape index (κ2) is 7.46. The van der Waals surface area contributed by atoms with Crippen molar-refractivity contribution in [1.82, 2.24) is 9.62 Å². The molecule has 0 aliphatic carbocycles. The average Bonchev–Trinajstić information content (AvgIpc) is 2.59. The van der Waals surface area contributed by atoms with Gasteiger partial charge in [-0.15, -0.1) is 0 Å². The first-order chi connectivity index (χ1) is 11.3. The van der Waals surface area contributed by atoms with Gasteiger partial charge in [-0.05, 0) is 35.9 Å². The van der Waals surface area contributed by atoms with Gasteiger partial charge in [-0.1, -0.05) is 18.2 Å². The topological polar surface area (TPSA) is 75.7 Å². The fourth-order valence-electron chi connectivity index (χ4n) is 2.08. The Kier molecular flexibility index (Phi) is 5.58. The Balaban J connectivity index is 2.13. The summed E-state index contributed by atoms with van der Waals surface area (Å²) in [4.78, 5) is 12.4. The molecule has 128 valence electrons. The fraction of sp³-hybridized carbons (Fsp3) is 0.235. The molecule has 0 heterocycles. The van der Waals surface area contributed by atoms with E-state index in [1.807, 2.05) is 24.3 Å². The summed E-state index contributed by atoms with van der Waals surface area (Å²) in [6.45, 7) is 0.320. The number of hydrogen-bond donors (Lipinski definition) is 1. The second-order valence-electron chi connectivity index (χ2n) is 5.35. The Labute approximate surface area is 142 Å². The van der Waals surface area contributed by atoms with E-state index >= 15 is 0 Å². The third-order valence-electron chi connectivity index (χ3n) is 3.46. The normalized spacial score (nSPS) is 11.3. The molecule has 2 aromatic carbocycles. The molecule has 0 aliphatic heterocycles. The van der Waals surface area contributed by atoms with Crippen molar-refractivity contribution < 1.29 is 17.9 Å². The molecule has 2 rings (SSSR count). The van der Waals surface area contributed by atoms with Crippen molar-refractivity contribution in [3.05, 3.63) is 59.7 Å². The Morgan fingerprint density at radius 2 is 1.83 bits per heavy atom. The lowest BCUT2D eigenvalue weighted by Crippen LogP contribution is -2.25. The number of nitrogens with one attached hydrogen (secondary N) is 1. The van der Waals surface area contributed by atoms with E-state index in [2.05, 4.69) is 5.32 Å². The molecule has 0 radical (unpaired) electrons. The van der Waals surface area contributed by atoms with Gasteiger partial charge >= 0.3 is 0 Å². The van der Waals surface area contributed by atoms with Gasteiger partial charge in [0.05, 0.1) is 12.0 Å². The van der Waals surface area contributed by atoms with E-state index in [9.17, 15) is 13.2 Å². The number of sulfonamides is 1. The minimum atomic E-state index is -3.57. The summed E-state index contributed by atoms with van der Waals surface area (Å²) >= 11 is 0. The zero-order valence-electron chi connectivity index (χ0n) is 13.8. The van der Waals surface area contributed by atoms with Gasteiger partial charge in [-0.25, -0.2) is 12.7 Å². The Morgan fingerprint density at radius 1 is 1.12 bits per heavy atom. The quantitative estimate of drug-likeness (QED) is 0.865. The van der Waals surface area contributed by atoms with Crippen LogP contribution in [0.1, 0.15) is 15.9 Å². The smallest absolute Gasteiger partial charge is 0.251 e. The molecular formula is C17H20N2O4S. The summed E-state index contributed by atoms with van der Waals surface area (Å²) in [5.74, 6) is 0.370. The summed E-state index contributed by atoms with van der Waals surface area (Å²) in [6, 6.07) is 13.3. The predicted molar refractivity (Wildman–Crippen MR) is 91.5 cm³/mol. The van der Waals surface area contributed by atoms with Crippen LogP contribution in [0.2, 0.25) is 0 Å². The van der Waals surface area contributed by atoms with Crippen molar-refractivity contribution in [2.45, 2.75) is 11.4 Å². The largest absolute Gasteiger partial charge is 0.497 e. The lowest BCUT2D eigenvalue weighted by Gasteiger charge is -2.12. The summed E-state index contributed by atoms with van der Waals surface area (Å²) in [5.41, 5.74) is 1.18. The molecule has 0 saturated carbocycles. The molecule has 0 bridgehead atoms. The zero-order valence-corrected chi connectivity index (χ0v) is 14.6. The molecule has 0 atom stereocenters. The van der Waals surface area contributed by atoms with Gasteiger partial charge in [0.25, 0.3) is 5.91 Å². The maximum absolute atomic E-state index is 12.3. The molecule has 7 heteroatoms. The zero-order chi connectivity index (χ0) is 17.7. The molecule has 0 aromatic heterocycles. The van der Waals surface area contributed by atoms with Crippen LogP contribution in [0, 0.1) is 0 Å². The molecule has 2 aromatic rings. The highest BCUT2D eigenvalue weighted by Gasteiger charge is 2.18. The van der Waals surface area contributed by atoms with Crippen molar-refractivity contribution in [3.63, 3.8) is 0 Å². The molecule has 6 nitrogen and oxygen atoms in total. The van der Waals surface area contributed by atoms with Gasteiger partial charge in [-0.3, -0.25) is 4.79 Å². The van der Waals surface area contributed by atoms with Crippen LogP contribution in [0.5, 0.6) is 5.75 Å². The maximum Gasteiger partial charge on any atom is 0.251 e. The van der Waals surface area contributed by atoms with E-state index < -0.39 is 10.0 Å². The summed E-state index contributed by atoms with van der Waals surface area (Å²) in [5, 5.41) is 2.77. The van der Waals surface area contributed by atoms with Gasteiger partial charge in [0.15, 0.2) is 0 Å². The summed E-state index contributed by atoms with van der Waals surface area (Å²) in [7, 11) is 0.904. The lowest BCUT2D eigenvalue weighted by molar-refractivity contribution is 0.0950. The van der Waals surface area contributed by atoms with Crippen LogP contribution in [0.3, 0.4) is 0 Å². The molecule has 0 aliphatic rings. The van der Waals surface area contributed by atoms with E-state index in [0.717, 1.165) is 9.87 Å². The van der Waals surface area contributed by atoms with Crippen LogP contribution in [0.25, 0.3) is 0 Å². The number of carbonyl (C=O) groups is 1. The van der Waals surface area contributed by atoms with Crippen LogP contribution in [-0.2, 0) is 16.6 Å². The minimum Gasteiger partial charge on any atom is -0.497 e. The third kappa shape index (κ3) is 4.12. The first-order valence-corrected chi connectivity index (χ1v) is 8.72. The van der Waals surface area contributed by atoms with Crippen molar-refractivity contribution in [3.8, 4) is 5.75 Å². The average molecular weight is 348 g/mol. The Morgan fingerprint density at radius 3 is 2.50 bits per heavy atom. The molecule has 0 unspecified atom stereocenters. The standard InChI is InChI=1S/C17H20N2O4S/c1-19(2)24(21,22)16-9-5-7-14(11-16)17(20)18-12-13-6-4-8-15(10-13)23-3/h4-11H,12H2,1-3H3,(H,18,20). The summed E-state index contributed by atoms with van der Waals surface area (Å²) < 4.78 is 30.5. The highest BCUT2D eigenvalue weighted by molar-refractivity contribution is 7.89.